The van der Waals surface area contributed by atoms with E-state index in [9.17, 15) is 19.5 Å². The molecule has 38 heavy (non-hydrogen) atoms. The number of amides is 2. The summed E-state index contributed by atoms with van der Waals surface area (Å²) in [6.07, 6.45) is 0. The first-order valence-electron chi connectivity index (χ1n) is 11.4. The van der Waals surface area contributed by atoms with Crippen molar-refractivity contribution < 1.29 is 24.2 Å². The molecule has 0 bridgehead atoms. The third-order valence-electron chi connectivity index (χ3n) is 5.59. The highest BCUT2D eigenvalue weighted by Crippen LogP contribution is 2.36. The van der Waals surface area contributed by atoms with Gasteiger partial charge in [-0.15, -0.1) is 11.3 Å². The second-order valence-electron chi connectivity index (χ2n) is 8.15. The predicted octanol–water partition coefficient (Wildman–Crippen LogP) is 7.55. The quantitative estimate of drug-likeness (QED) is 0.197. The molecule has 5 rings (SSSR count). The Hall–Kier alpha value is -4.66. The molecule has 188 valence electrons. The zero-order chi connectivity index (χ0) is 26.6. The van der Waals surface area contributed by atoms with Crippen molar-refractivity contribution in [2.75, 3.05) is 10.6 Å². The van der Waals surface area contributed by atoms with Crippen LogP contribution in [-0.2, 0) is 0 Å². The van der Waals surface area contributed by atoms with Crippen molar-refractivity contribution in [3.63, 3.8) is 0 Å². The molecule has 0 aliphatic heterocycles. The fourth-order valence-electron chi connectivity index (χ4n) is 3.75. The summed E-state index contributed by atoms with van der Waals surface area (Å²) in [5.74, 6) is -0.998. The highest BCUT2D eigenvalue weighted by atomic mass is 35.5. The molecule has 1 heterocycles. The van der Waals surface area contributed by atoms with Crippen LogP contribution in [0.3, 0.4) is 0 Å². The Bertz CT molecular complexity index is 1670. The number of carbonyl (C=O) groups is 3. The van der Waals surface area contributed by atoms with Crippen molar-refractivity contribution in [2.45, 2.75) is 0 Å². The molecule has 0 atom stereocenters. The molecule has 0 saturated heterocycles. The molecule has 0 radical (unpaired) electrons. The van der Waals surface area contributed by atoms with Gasteiger partial charge in [0.25, 0.3) is 11.8 Å². The van der Waals surface area contributed by atoms with Gasteiger partial charge < -0.3 is 20.5 Å². The number of anilines is 2. The lowest BCUT2D eigenvalue weighted by Gasteiger charge is -2.11. The van der Waals surface area contributed by atoms with Gasteiger partial charge in [-0.2, -0.15) is 0 Å². The zero-order valence-corrected chi connectivity index (χ0v) is 21.2. The van der Waals surface area contributed by atoms with E-state index < -0.39 is 17.8 Å². The van der Waals surface area contributed by atoms with E-state index in [1.807, 2.05) is 48.5 Å². The Labute approximate surface area is 226 Å². The zero-order valence-electron chi connectivity index (χ0n) is 19.6. The number of para-hydroxylation sites is 1. The van der Waals surface area contributed by atoms with Crippen LogP contribution >= 0.6 is 22.9 Å². The largest absolute Gasteiger partial charge is 0.478 e. The van der Waals surface area contributed by atoms with Gasteiger partial charge in [0.1, 0.15) is 16.4 Å². The predicted molar refractivity (Wildman–Crippen MR) is 149 cm³/mol. The monoisotopic (exact) mass is 542 g/mol. The lowest BCUT2D eigenvalue weighted by molar-refractivity contribution is 0.0697. The summed E-state index contributed by atoms with van der Waals surface area (Å²) in [5, 5.41) is 16.0. The van der Waals surface area contributed by atoms with E-state index in [-0.39, 0.29) is 26.7 Å². The Kier molecular flexibility index (Phi) is 7.08. The number of thiophene rings is 1. The number of carboxylic acids is 1. The number of rotatable bonds is 7. The van der Waals surface area contributed by atoms with Crippen LogP contribution in [0.5, 0.6) is 11.5 Å². The fourth-order valence-corrected chi connectivity index (χ4v) is 5.16. The van der Waals surface area contributed by atoms with Crippen molar-refractivity contribution in [2.24, 2.45) is 0 Å². The molecule has 0 aliphatic carbocycles. The number of hydrogen-bond acceptors (Lipinski definition) is 5. The first-order chi connectivity index (χ1) is 18.4. The minimum absolute atomic E-state index is 0.0183. The Balaban J connectivity index is 1.34. The topological polar surface area (TPSA) is 105 Å². The van der Waals surface area contributed by atoms with Crippen LogP contribution in [0, 0.1) is 0 Å². The van der Waals surface area contributed by atoms with Gasteiger partial charge in [-0.25, -0.2) is 4.79 Å². The number of hydrogen-bond donors (Lipinski definition) is 3. The van der Waals surface area contributed by atoms with Gasteiger partial charge in [-0.05, 0) is 60.7 Å². The van der Waals surface area contributed by atoms with E-state index >= 15 is 0 Å². The lowest BCUT2D eigenvalue weighted by atomic mass is 10.1. The van der Waals surface area contributed by atoms with Gasteiger partial charge in [0.15, 0.2) is 0 Å². The van der Waals surface area contributed by atoms with E-state index in [4.69, 9.17) is 16.3 Å². The van der Waals surface area contributed by atoms with Crippen molar-refractivity contribution in [1.29, 1.82) is 0 Å². The lowest BCUT2D eigenvalue weighted by Crippen LogP contribution is -2.17. The minimum atomic E-state index is -1.25. The van der Waals surface area contributed by atoms with Gasteiger partial charge in [-0.3, -0.25) is 9.59 Å². The molecule has 3 N–H and O–H groups in total. The Morgan fingerprint density at radius 1 is 0.763 bits per heavy atom. The summed E-state index contributed by atoms with van der Waals surface area (Å²) >= 11 is 7.61. The van der Waals surface area contributed by atoms with Gasteiger partial charge in [0, 0.05) is 21.3 Å². The number of carboxylic acid groups (broad SMARTS) is 1. The van der Waals surface area contributed by atoms with Gasteiger partial charge in [-0.1, -0.05) is 48.0 Å². The van der Waals surface area contributed by atoms with Crippen LogP contribution in [0.1, 0.15) is 30.4 Å². The average molecular weight is 543 g/mol. The standard InChI is InChI=1S/C29H19ClN2O5S/c30-25-22-8-4-5-9-24(22)38-26(25)28(34)32-23-16-17(10-15-21(23)29(35)36)27(33)31-18-11-13-20(14-12-18)37-19-6-2-1-3-7-19/h1-16H,(H,31,33)(H,32,34)(H,35,36). The number of ether oxygens (including phenoxy) is 1. The molecule has 0 aliphatic rings. The summed E-state index contributed by atoms with van der Waals surface area (Å²) in [6.45, 7) is 0. The molecule has 0 saturated carbocycles. The third kappa shape index (κ3) is 5.36. The molecule has 0 spiro atoms. The van der Waals surface area contributed by atoms with Crippen LogP contribution in [0.25, 0.3) is 10.1 Å². The molecule has 0 unspecified atom stereocenters. The second kappa shape index (κ2) is 10.8. The summed E-state index contributed by atoms with van der Waals surface area (Å²) in [4.78, 5) is 38.0. The number of aromatic carboxylic acids is 1. The van der Waals surface area contributed by atoms with E-state index in [0.29, 0.717) is 17.2 Å². The number of fused-ring (bicyclic) bond motifs is 1. The van der Waals surface area contributed by atoms with Crippen LogP contribution in [0.4, 0.5) is 11.4 Å². The highest BCUT2D eigenvalue weighted by molar-refractivity contribution is 7.21. The van der Waals surface area contributed by atoms with Crippen LogP contribution in [-0.4, -0.2) is 22.9 Å². The van der Waals surface area contributed by atoms with Crippen molar-refractivity contribution in [1.82, 2.24) is 0 Å². The minimum Gasteiger partial charge on any atom is -0.478 e. The van der Waals surface area contributed by atoms with Crippen LogP contribution in [0.2, 0.25) is 5.02 Å². The average Bonchev–Trinajstić information content (AvgIpc) is 3.27. The normalized spacial score (nSPS) is 10.7. The SMILES string of the molecule is O=C(Nc1ccc(Oc2ccccc2)cc1)c1ccc(C(=O)O)c(NC(=O)c2sc3ccccc3c2Cl)c1. The number of nitrogens with one attached hydrogen (secondary N) is 2. The number of carbonyl (C=O) groups excluding carboxylic acids is 2. The summed E-state index contributed by atoms with van der Waals surface area (Å²) in [5.41, 5.74) is 0.502. The third-order valence-corrected chi connectivity index (χ3v) is 7.27. The molecule has 5 aromatic rings. The van der Waals surface area contributed by atoms with E-state index in [0.717, 1.165) is 10.1 Å². The van der Waals surface area contributed by atoms with Gasteiger partial charge in [0.05, 0.1) is 16.3 Å². The van der Waals surface area contributed by atoms with Crippen molar-refractivity contribution >= 4 is 62.2 Å². The van der Waals surface area contributed by atoms with Crippen molar-refractivity contribution in [3.8, 4) is 11.5 Å². The Morgan fingerprint density at radius 3 is 2.16 bits per heavy atom. The molecule has 1 aromatic heterocycles. The maximum atomic E-state index is 13.0. The van der Waals surface area contributed by atoms with Crippen LogP contribution < -0.4 is 15.4 Å². The van der Waals surface area contributed by atoms with Gasteiger partial charge in [0.2, 0.25) is 0 Å². The fraction of sp³-hybridized carbons (Fsp3) is 0. The van der Waals surface area contributed by atoms with E-state index in [2.05, 4.69) is 10.6 Å². The van der Waals surface area contributed by atoms with E-state index in [1.165, 1.54) is 29.5 Å². The molecule has 7 nitrogen and oxygen atoms in total. The second-order valence-corrected chi connectivity index (χ2v) is 9.58. The summed E-state index contributed by atoms with van der Waals surface area (Å²) in [6, 6.07) is 27.4. The molecule has 9 heteroatoms. The summed E-state index contributed by atoms with van der Waals surface area (Å²) in [7, 11) is 0. The molecule has 0 fully saturated rings. The molecular formula is C29H19ClN2O5S. The maximum absolute atomic E-state index is 13.0. The highest BCUT2D eigenvalue weighted by Gasteiger charge is 2.21. The van der Waals surface area contributed by atoms with Gasteiger partial charge >= 0.3 is 5.97 Å². The first kappa shape index (κ1) is 25.0. The summed E-state index contributed by atoms with van der Waals surface area (Å²) < 4.78 is 6.59. The first-order valence-corrected chi connectivity index (χ1v) is 12.6. The smallest absolute Gasteiger partial charge is 0.337 e. The van der Waals surface area contributed by atoms with E-state index in [1.54, 1.807) is 30.3 Å². The molecule has 4 aromatic carbocycles. The molecular weight excluding hydrogens is 524 g/mol. The molecule has 2 amide bonds. The van der Waals surface area contributed by atoms with Crippen molar-refractivity contribution in [3.05, 3.63) is 118 Å². The number of halogens is 1. The number of benzene rings is 4. The Morgan fingerprint density at radius 2 is 1.45 bits per heavy atom. The maximum Gasteiger partial charge on any atom is 0.337 e. The van der Waals surface area contributed by atoms with Crippen LogP contribution in [0.15, 0.2) is 97.1 Å².